The summed E-state index contributed by atoms with van der Waals surface area (Å²) in [6.45, 7) is 1.74. The molecule has 2 aromatic rings. The predicted octanol–water partition coefficient (Wildman–Crippen LogP) is 1.51. The van der Waals surface area contributed by atoms with E-state index < -0.39 is 0 Å². The number of aromatic amines is 1. The average molecular weight is 304 g/mol. The summed E-state index contributed by atoms with van der Waals surface area (Å²) in [6, 6.07) is 6.46. The van der Waals surface area contributed by atoms with Gasteiger partial charge in [0.2, 0.25) is 0 Å². The zero-order chi connectivity index (χ0) is 15.6. The second-order valence-electron chi connectivity index (χ2n) is 4.75. The van der Waals surface area contributed by atoms with Crippen molar-refractivity contribution >= 4 is 23.4 Å². The highest BCUT2D eigenvalue weighted by molar-refractivity contribution is 7.99. The zero-order valence-electron chi connectivity index (χ0n) is 12.0. The first-order chi connectivity index (χ1) is 9.86. The topological polar surface area (TPSA) is 92.1 Å². The van der Waals surface area contributed by atoms with Crippen LogP contribution in [0.3, 0.4) is 0 Å². The highest BCUT2D eigenvalue weighted by atomic mass is 32.2. The molecule has 0 aliphatic heterocycles. The average Bonchev–Trinajstić information content (AvgIpc) is 2.39. The molecule has 7 heteroatoms. The van der Waals surface area contributed by atoms with Crippen LogP contribution in [-0.4, -0.2) is 34.9 Å². The van der Waals surface area contributed by atoms with Crippen LogP contribution in [0, 0.1) is 6.92 Å². The fraction of sp³-hybridized carbons (Fsp3) is 0.214. The molecule has 0 radical (unpaired) electrons. The maximum Gasteiger partial charge on any atom is 0.253 e. The lowest BCUT2D eigenvalue weighted by Gasteiger charge is -2.12. The number of nitrogen functional groups attached to an aromatic ring is 1. The van der Waals surface area contributed by atoms with Gasteiger partial charge in [0, 0.05) is 42.0 Å². The number of nitrogens with zero attached hydrogens (tertiary/aromatic N) is 2. The molecule has 0 aliphatic carbocycles. The molecule has 110 valence electrons. The van der Waals surface area contributed by atoms with Gasteiger partial charge in [-0.1, -0.05) is 0 Å². The first-order valence-corrected chi connectivity index (χ1v) is 7.05. The summed E-state index contributed by atoms with van der Waals surface area (Å²) < 4.78 is 0. The summed E-state index contributed by atoms with van der Waals surface area (Å²) in [7, 11) is 3.37. The largest absolute Gasteiger partial charge is 0.398 e. The molecule has 3 N–H and O–H groups in total. The number of carbonyl (C=O) groups is 1. The monoisotopic (exact) mass is 304 g/mol. The molecule has 0 fully saturated rings. The smallest absolute Gasteiger partial charge is 0.253 e. The molecule has 0 bridgehead atoms. The SMILES string of the molecule is Cc1cc(=O)[nH]c(Sc2cc(C(=O)N(C)C)ccc2N)n1. The van der Waals surface area contributed by atoms with Gasteiger partial charge in [-0.3, -0.25) is 9.59 Å². The normalized spacial score (nSPS) is 10.4. The van der Waals surface area contributed by atoms with Crippen LogP contribution in [0.25, 0.3) is 0 Å². The molecule has 6 nitrogen and oxygen atoms in total. The third-order valence-electron chi connectivity index (χ3n) is 2.72. The van der Waals surface area contributed by atoms with E-state index >= 15 is 0 Å². The van der Waals surface area contributed by atoms with Crippen molar-refractivity contribution in [2.24, 2.45) is 0 Å². The Balaban J connectivity index is 2.37. The molecule has 1 aromatic heterocycles. The van der Waals surface area contributed by atoms with Crippen molar-refractivity contribution in [3.63, 3.8) is 0 Å². The quantitative estimate of drug-likeness (QED) is 0.662. The van der Waals surface area contributed by atoms with Crippen molar-refractivity contribution in [3.8, 4) is 0 Å². The number of hydrogen-bond donors (Lipinski definition) is 2. The van der Waals surface area contributed by atoms with Gasteiger partial charge in [-0.05, 0) is 36.9 Å². The Bertz CT molecular complexity index is 740. The molecule has 2 rings (SSSR count). The Morgan fingerprint density at radius 1 is 1.33 bits per heavy atom. The van der Waals surface area contributed by atoms with Crippen molar-refractivity contribution in [1.29, 1.82) is 0 Å². The van der Waals surface area contributed by atoms with E-state index in [2.05, 4.69) is 9.97 Å². The summed E-state index contributed by atoms with van der Waals surface area (Å²) in [5, 5.41) is 0.446. The van der Waals surface area contributed by atoms with Crippen LogP contribution in [0.4, 0.5) is 5.69 Å². The van der Waals surface area contributed by atoms with E-state index in [9.17, 15) is 9.59 Å². The lowest BCUT2D eigenvalue weighted by atomic mass is 10.2. The number of nitrogens with two attached hydrogens (primary N) is 1. The molecule has 0 saturated heterocycles. The fourth-order valence-electron chi connectivity index (χ4n) is 1.72. The van der Waals surface area contributed by atoms with Gasteiger partial charge in [0.25, 0.3) is 11.5 Å². The predicted molar refractivity (Wildman–Crippen MR) is 82.6 cm³/mol. The maximum atomic E-state index is 12.0. The summed E-state index contributed by atoms with van der Waals surface area (Å²) in [6.07, 6.45) is 0. The number of aromatic nitrogens is 2. The second kappa shape index (κ2) is 6.01. The number of rotatable bonds is 3. The van der Waals surface area contributed by atoms with Gasteiger partial charge in [0.15, 0.2) is 5.16 Å². The zero-order valence-corrected chi connectivity index (χ0v) is 12.8. The number of nitrogens with one attached hydrogen (secondary N) is 1. The highest BCUT2D eigenvalue weighted by Gasteiger charge is 2.12. The van der Waals surface area contributed by atoms with E-state index in [1.54, 1.807) is 39.2 Å². The Morgan fingerprint density at radius 2 is 2.05 bits per heavy atom. The first-order valence-electron chi connectivity index (χ1n) is 6.24. The van der Waals surface area contributed by atoms with Crippen LogP contribution < -0.4 is 11.3 Å². The van der Waals surface area contributed by atoms with E-state index in [0.717, 1.165) is 0 Å². The van der Waals surface area contributed by atoms with Crippen molar-refractivity contribution in [3.05, 3.63) is 45.9 Å². The first kappa shape index (κ1) is 15.1. The highest BCUT2D eigenvalue weighted by Crippen LogP contribution is 2.30. The van der Waals surface area contributed by atoms with Crippen molar-refractivity contribution in [2.45, 2.75) is 17.0 Å². The van der Waals surface area contributed by atoms with Crippen molar-refractivity contribution < 1.29 is 4.79 Å². The molecule has 0 aliphatic rings. The van der Waals surface area contributed by atoms with Crippen LogP contribution in [0.1, 0.15) is 16.1 Å². The minimum absolute atomic E-state index is 0.109. The summed E-state index contributed by atoms with van der Waals surface area (Å²) in [5.41, 5.74) is 7.39. The third kappa shape index (κ3) is 3.63. The van der Waals surface area contributed by atoms with Crippen LogP contribution in [0.2, 0.25) is 0 Å². The Labute approximate surface area is 126 Å². The van der Waals surface area contributed by atoms with E-state index in [1.165, 1.54) is 22.7 Å². The number of hydrogen-bond acceptors (Lipinski definition) is 5. The summed E-state index contributed by atoms with van der Waals surface area (Å²) in [5.74, 6) is -0.109. The van der Waals surface area contributed by atoms with Gasteiger partial charge in [-0.15, -0.1) is 0 Å². The lowest BCUT2D eigenvalue weighted by Crippen LogP contribution is -2.21. The molecular formula is C14H16N4O2S. The van der Waals surface area contributed by atoms with Crippen molar-refractivity contribution in [2.75, 3.05) is 19.8 Å². The van der Waals surface area contributed by atoms with Gasteiger partial charge in [0.1, 0.15) is 0 Å². The van der Waals surface area contributed by atoms with E-state index in [-0.39, 0.29) is 11.5 Å². The van der Waals surface area contributed by atoms with Gasteiger partial charge in [0.05, 0.1) is 0 Å². The number of carbonyl (C=O) groups excluding carboxylic acids is 1. The van der Waals surface area contributed by atoms with E-state index in [1.807, 2.05) is 0 Å². The standard InChI is InChI=1S/C14H16N4O2S/c1-8-6-12(19)17-14(16-8)21-11-7-9(4-5-10(11)15)13(20)18(2)3/h4-7H,15H2,1-3H3,(H,16,17,19). The Hall–Kier alpha value is -2.28. The molecule has 0 saturated carbocycles. The van der Waals surface area contributed by atoms with Crippen molar-refractivity contribution in [1.82, 2.24) is 14.9 Å². The van der Waals surface area contributed by atoms with Crippen LogP contribution in [0.5, 0.6) is 0 Å². The number of benzene rings is 1. The molecule has 1 amide bonds. The molecule has 1 heterocycles. The van der Waals surface area contributed by atoms with E-state index in [0.29, 0.717) is 27.0 Å². The van der Waals surface area contributed by atoms with Crippen LogP contribution in [0.15, 0.2) is 39.1 Å². The number of anilines is 1. The number of aryl methyl sites for hydroxylation is 1. The lowest BCUT2D eigenvalue weighted by molar-refractivity contribution is 0.0827. The van der Waals surface area contributed by atoms with Gasteiger partial charge >= 0.3 is 0 Å². The number of amides is 1. The Kier molecular flexibility index (Phi) is 4.32. The minimum Gasteiger partial charge on any atom is -0.398 e. The number of H-pyrrole nitrogens is 1. The Morgan fingerprint density at radius 3 is 2.67 bits per heavy atom. The van der Waals surface area contributed by atoms with Crippen LogP contribution >= 0.6 is 11.8 Å². The van der Waals surface area contributed by atoms with E-state index in [4.69, 9.17) is 5.73 Å². The molecule has 0 atom stereocenters. The fourth-order valence-corrected chi connectivity index (χ4v) is 2.64. The molecule has 0 spiro atoms. The maximum absolute atomic E-state index is 12.0. The van der Waals surface area contributed by atoms with Crippen LogP contribution in [-0.2, 0) is 0 Å². The summed E-state index contributed by atoms with van der Waals surface area (Å²) in [4.78, 5) is 32.5. The molecule has 1 aromatic carbocycles. The van der Waals surface area contributed by atoms with Gasteiger partial charge in [-0.25, -0.2) is 4.98 Å². The van der Waals surface area contributed by atoms with Gasteiger partial charge < -0.3 is 15.6 Å². The molecular weight excluding hydrogens is 288 g/mol. The summed E-state index contributed by atoms with van der Waals surface area (Å²) >= 11 is 1.22. The second-order valence-corrected chi connectivity index (χ2v) is 5.78. The molecule has 0 unspecified atom stereocenters. The minimum atomic E-state index is -0.218. The molecule has 21 heavy (non-hydrogen) atoms. The van der Waals surface area contributed by atoms with Gasteiger partial charge in [-0.2, -0.15) is 0 Å². The third-order valence-corrected chi connectivity index (χ3v) is 3.68.